The number of nitrogens with one attached hydrogen (secondary N) is 1. The van der Waals surface area contributed by atoms with Crippen molar-refractivity contribution in [3.05, 3.63) is 59.5 Å². The van der Waals surface area contributed by atoms with Crippen LogP contribution in [0.4, 0.5) is 16.2 Å². The van der Waals surface area contributed by atoms with Crippen molar-refractivity contribution < 1.29 is 28.6 Å². The van der Waals surface area contributed by atoms with Crippen molar-refractivity contribution >= 4 is 29.4 Å². The molecule has 1 aliphatic rings. The smallest absolute Gasteiger partial charge is 0.412 e. The topological polar surface area (TPSA) is 94.2 Å². The zero-order chi connectivity index (χ0) is 22.5. The molecule has 8 heteroatoms. The van der Waals surface area contributed by atoms with Crippen LogP contribution in [0.2, 0.25) is 0 Å². The summed E-state index contributed by atoms with van der Waals surface area (Å²) in [6.45, 7) is 7.14. The normalized spacial score (nSPS) is 13.6. The number of nitrogens with zero attached hydrogens (tertiary/aromatic N) is 1. The lowest BCUT2D eigenvalue weighted by molar-refractivity contribution is -0.139. The van der Waals surface area contributed by atoms with Gasteiger partial charge in [-0.1, -0.05) is 6.08 Å². The maximum absolute atomic E-state index is 12.5. The van der Waals surface area contributed by atoms with Gasteiger partial charge in [0.05, 0.1) is 19.8 Å². The predicted molar refractivity (Wildman–Crippen MR) is 113 cm³/mol. The number of ether oxygens (including phenoxy) is 3. The number of esters is 2. The molecule has 2 rings (SSSR count). The summed E-state index contributed by atoms with van der Waals surface area (Å²) in [4.78, 5) is 38.3. The van der Waals surface area contributed by atoms with Crippen LogP contribution in [0.15, 0.2) is 53.9 Å². The summed E-state index contributed by atoms with van der Waals surface area (Å²) < 4.78 is 15.0. The molecule has 30 heavy (non-hydrogen) atoms. The molecule has 0 saturated heterocycles. The highest BCUT2D eigenvalue weighted by Crippen LogP contribution is 2.29. The molecule has 0 spiro atoms. The molecule has 0 fully saturated rings. The lowest BCUT2D eigenvalue weighted by atomic mass is 10.1. The number of methoxy groups -OCH3 is 2. The molecule has 0 bridgehead atoms. The number of carbonyl (C=O) groups excluding carboxylic acids is 3. The molecule has 0 saturated carbocycles. The quantitative estimate of drug-likeness (QED) is 0.591. The van der Waals surface area contributed by atoms with E-state index in [1.807, 2.05) is 0 Å². The fraction of sp³-hybridized carbons (Fsp3) is 0.318. The first kappa shape index (κ1) is 22.7. The molecule has 0 radical (unpaired) electrons. The van der Waals surface area contributed by atoms with Gasteiger partial charge in [0, 0.05) is 17.6 Å². The molecule has 1 N–H and O–H groups in total. The Morgan fingerprint density at radius 2 is 1.67 bits per heavy atom. The van der Waals surface area contributed by atoms with Crippen molar-refractivity contribution in [1.82, 2.24) is 0 Å². The van der Waals surface area contributed by atoms with Crippen LogP contribution in [0.5, 0.6) is 0 Å². The number of rotatable bonds is 4. The van der Waals surface area contributed by atoms with E-state index in [-0.39, 0.29) is 11.3 Å². The predicted octanol–water partition coefficient (Wildman–Crippen LogP) is 3.83. The molecule has 1 aromatic rings. The number of aryl methyl sites for hydroxylation is 1. The van der Waals surface area contributed by atoms with E-state index in [1.165, 1.54) is 25.2 Å². The molecule has 1 aliphatic heterocycles. The average molecular weight is 414 g/mol. The largest absolute Gasteiger partial charge is 0.465 e. The van der Waals surface area contributed by atoms with E-state index in [1.54, 1.807) is 64.2 Å². The minimum absolute atomic E-state index is 0.0154. The lowest BCUT2D eigenvalue weighted by Gasteiger charge is -2.24. The van der Waals surface area contributed by atoms with E-state index in [0.29, 0.717) is 11.4 Å². The van der Waals surface area contributed by atoms with Crippen LogP contribution >= 0.6 is 0 Å². The van der Waals surface area contributed by atoms with Crippen LogP contribution in [0, 0.1) is 6.92 Å². The molecule has 160 valence electrons. The van der Waals surface area contributed by atoms with Crippen LogP contribution in [-0.2, 0) is 23.8 Å². The van der Waals surface area contributed by atoms with Crippen molar-refractivity contribution in [2.24, 2.45) is 0 Å². The van der Waals surface area contributed by atoms with Crippen molar-refractivity contribution in [1.29, 1.82) is 0 Å². The Labute approximate surface area is 175 Å². The zero-order valence-corrected chi connectivity index (χ0v) is 17.9. The summed E-state index contributed by atoms with van der Waals surface area (Å²) in [5, 5.41) is 2.70. The van der Waals surface area contributed by atoms with Gasteiger partial charge in [0.1, 0.15) is 11.3 Å². The maximum Gasteiger partial charge on any atom is 0.412 e. The Balaban J connectivity index is 2.43. The molecule has 0 aliphatic carbocycles. The van der Waals surface area contributed by atoms with Gasteiger partial charge in [-0.2, -0.15) is 0 Å². The number of carbonyl (C=O) groups is 3. The fourth-order valence-electron chi connectivity index (χ4n) is 2.72. The van der Waals surface area contributed by atoms with Gasteiger partial charge in [0.15, 0.2) is 0 Å². The number of hydrogen-bond acceptors (Lipinski definition) is 7. The first-order chi connectivity index (χ1) is 14.1. The highest BCUT2D eigenvalue weighted by molar-refractivity contribution is 6.05. The SMILES string of the molecule is COC(=O)C1=C(C(=O)OC)N(c2ccc(NC(=O)OC(C)(C)C)c(C)c2)C=CC=C1. The van der Waals surface area contributed by atoms with Gasteiger partial charge >= 0.3 is 18.0 Å². The van der Waals surface area contributed by atoms with Crippen LogP contribution in [0.25, 0.3) is 0 Å². The highest BCUT2D eigenvalue weighted by Gasteiger charge is 2.27. The lowest BCUT2D eigenvalue weighted by Crippen LogP contribution is -2.28. The second kappa shape index (κ2) is 9.30. The van der Waals surface area contributed by atoms with Crippen molar-refractivity contribution in [3.63, 3.8) is 0 Å². The molecular formula is C22H26N2O6. The van der Waals surface area contributed by atoms with Crippen LogP contribution in [0.3, 0.4) is 0 Å². The van der Waals surface area contributed by atoms with E-state index in [2.05, 4.69) is 5.32 Å². The van der Waals surface area contributed by atoms with Crippen molar-refractivity contribution in [2.75, 3.05) is 24.4 Å². The molecule has 1 aromatic carbocycles. The van der Waals surface area contributed by atoms with E-state index in [4.69, 9.17) is 14.2 Å². The number of amides is 1. The summed E-state index contributed by atoms with van der Waals surface area (Å²) >= 11 is 0. The van der Waals surface area contributed by atoms with Crippen LogP contribution in [0.1, 0.15) is 26.3 Å². The standard InChI is InChI=1S/C22H26N2O6/c1-14-13-15(10-11-17(14)23-21(27)30-22(2,3)4)24-12-8-7-9-16(19(25)28-5)18(24)20(26)29-6/h7-13H,1-6H3,(H,23,27). The maximum atomic E-state index is 12.5. The van der Waals surface area contributed by atoms with Gasteiger partial charge in [-0.3, -0.25) is 5.32 Å². The van der Waals surface area contributed by atoms with E-state index in [0.717, 1.165) is 5.56 Å². The Bertz CT molecular complexity index is 937. The van der Waals surface area contributed by atoms with E-state index >= 15 is 0 Å². The third kappa shape index (κ3) is 5.50. The first-order valence-electron chi connectivity index (χ1n) is 9.23. The average Bonchev–Trinajstić information content (AvgIpc) is 2.89. The van der Waals surface area contributed by atoms with Gasteiger partial charge in [0.25, 0.3) is 0 Å². The molecule has 0 unspecified atom stereocenters. The number of hydrogen-bond donors (Lipinski definition) is 1. The van der Waals surface area contributed by atoms with Crippen molar-refractivity contribution in [3.8, 4) is 0 Å². The molecule has 1 amide bonds. The second-order valence-corrected chi connectivity index (χ2v) is 7.44. The highest BCUT2D eigenvalue weighted by atomic mass is 16.6. The minimum Gasteiger partial charge on any atom is -0.465 e. The van der Waals surface area contributed by atoms with Crippen LogP contribution < -0.4 is 10.2 Å². The van der Waals surface area contributed by atoms with E-state index < -0.39 is 23.6 Å². The molecule has 0 atom stereocenters. The van der Waals surface area contributed by atoms with Gasteiger partial charge in [0.2, 0.25) is 0 Å². The number of allylic oxidation sites excluding steroid dienone is 2. The second-order valence-electron chi connectivity index (χ2n) is 7.44. The molecule has 1 heterocycles. The zero-order valence-electron chi connectivity index (χ0n) is 17.9. The number of benzene rings is 1. The Kier molecular flexibility index (Phi) is 7.05. The summed E-state index contributed by atoms with van der Waals surface area (Å²) in [5.74, 6) is -1.36. The van der Waals surface area contributed by atoms with E-state index in [9.17, 15) is 14.4 Å². The fourth-order valence-corrected chi connectivity index (χ4v) is 2.72. The molecule has 0 aromatic heterocycles. The summed E-state index contributed by atoms with van der Waals surface area (Å²) in [6, 6.07) is 5.15. The monoisotopic (exact) mass is 414 g/mol. The first-order valence-corrected chi connectivity index (χ1v) is 9.23. The summed E-state index contributed by atoms with van der Waals surface area (Å²) in [6.07, 6.45) is 5.86. The Morgan fingerprint density at radius 1 is 1.00 bits per heavy atom. The Hall–Kier alpha value is -3.55. The third-order valence-electron chi connectivity index (χ3n) is 4.01. The van der Waals surface area contributed by atoms with Crippen molar-refractivity contribution in [2.45, 2.75) is 33.3 Å². The molecule has 8 nitrogen and oxygen atoms in total. The van der Waals surface area contributed by atoms with Gasteiger partial charge in [-0.25, -0.2) is 14.4 Å². The Morgan fingerprint density at radius 3 is 2.23 bits per heavy atom. The minimum atomic E-state index is -0.694. The van der Waals surface area contributed by atoms with Gasteiger partial charge < -0.3 is 19.1 Å². The molecular weight excluding hydrogens is 388 g/mol. The summed E-state index contributed by atoms with van der Waals surface area (Å²) in [7, 11) is 2.47. The van der Waals surface area contributed by atoms with Gasteiger partial charge in [-0.05, 0) is 63.6 Å². The third-order valence-corrected chi connectivity index (χ3v) is 4.01. The number of anilines is 2. The van der Waals surface area contributed by atoms with Gasteiger partial charge in [-0.15, -0.1) is 0 Å². The van der Waals surface area contributed by atoms with Crippen LogP contribution in [-0.4, -0.2) is 37.9 Å². The summed E-state index contributed by atoms with van der Waals surface area (Å²) in [5.41, 5.74) is 1.33.